The van der Waals surface area contributed by atoms with Crippen molar-refractivity contribution in [3.8, 4) is 11.5 Å². The Morgan fingerprint density at radius 2 is 1.77 bits per heavy atom. The highest BCUT2D eigenvalue weighted by Gasteiger charge is 2.48. The molecule has 1 saturated heterocycles. The van der Waals surface area contributed by atoms with Gasteiger partial charge in [-0.3, -0.25) is 14.5 Å². The molecule has 0 radical (unpaired) electrons. The van der Waals surface area contributed by atoms with Gasteiger partial charge in [-0.25, -0.2) is 4.39 Å². The van der Waals surface area contributed by atoms with Crippen LogP contribution >= 0.6 is 23.1 Å². The average molecular weight is 620 g/mol. The number of carbonyl (C=O) groups is 2. The molecule has 1 aliphatic heterocycles. The summed E-state index contributed by atoms with van der Waals surface area (Å²) >= 11 is 2.65. The topological polar surface area (TPSA) is 102 Å². The van der Waals surface area contributed by atoms with E-state index in [9.17, 15) is 19.1 Å². The lowest BCUT2D eigenvalue weighted by Gasteiger charge is -2.23. The van der Waals surface area contributed by atoms with Gasteiger partial charge in [-0.1, -0.05) is 72.8 Å². The van der Waals surface area contributed by atoms with Crippen molar-refractivity contribution in [2.24, 2.45) is 0 Å². The van der Waals surface area contributed by atoms with Gasteiger partial charge in [-0.2, -0.15) is 0 Å². The van der Waals surface area contributed by atoms with Gasteiger partial charge in [0, 0.05) is 11.3 Å². The lowest BCUT2D eigenvalue weighted by atomic mass is 9.95. The average Bonchev–Trinajstić information content (AvgIpc) is 3.59. The molecule has 0 bridgehead atoms. The van der Waals surface area contributed by atoms with Crippen molar-refractivity contribution in [2.75, 3.05) is 18.1 Å². The van der Waals surface area contributed by atoms with Crippen LogP contribution in [-0.4, -0.2) is 40.2 Å². The maximum absolute atomic E-state index is 13.7. The Bertz CT molecular complexity index is 1630. The molecule has 1 aliphatic rings. The summed E-state index contributed by atoms with van der Waals surface area (Å²) in [7, 11) is 0. The van der Waals surface area contributed by atoms with E-state index in [0.29, 0.717) is 40.4 Å². The summed E-state index contributed by atoms with van der Waals surface area (Å²) in [4.78, 5) is 28.4. The highest BCUT2D eigenvalue weighted by atomic mass is 32.2. The first kappa shape index (κ1) is 30.2. The Morgan fingerprint density at radius 1 is 1.00 bits per heavy atom. The molecular weight excluding hydrogens is 590 g/mol. The van der Waals surface area contributed by atoms with E-state index in [4.69, 9.17) is 9.47 Å². The molecule has 222 valence electrons. The number of ketones is 1. The number of aromatic nitrogens is 2. The number of nitrogens with zero attached hydrogens (tertiary/aromatic N) is 3. The Labute approximate surface area is 257 Å². The van der Waals surface area contributed by atoms with E-state index in [2.05, 4.69) is 17.1 Å². The molecule has 1 fully saturated rings. The SMILES string of the molecule is CCCCOc1ccc(C2C(=C(O)c3ccc(F)cc3)C(=O)C(=O)N2c2nnc(SCc3ccccc3)s2)cc1OCC. The highest BCUT2D eigenvalue weighted by molar-refractivity contribution is 8.00. The molecule has 2 heterocycles. The number of aliphatic hydroxyl groups is 1. The highest BCUT2D eigenvalue weighted by Crippen LogP contribution is 2.45. The second-order valence-electron chi connectivity index (χ2n) is 9.64. The Balaban J connectivity index is 1.57. The van der Waals surface area contributed by atoms with Crippen LogP contribution in [0.2, 0.25) is 0 Å². The van der Waals surface area contributed by atoms with Crippen LogP contribution in [-0.2, 0) is 15.3 Å². The van der Waals surface area contributed by atoms with Crippen molar-refractivity contribution < 1.29 is 28.6 Å². The molecule has 0 saturated carbocycles. The first-order valence-electron chi connectivity index (χ1n) is 13.9. The van der Waals surface area contributed by atoms with E-state index in [1.807, 2.05) is 37.3 Å². The Morgan fingerprint density at radius 3 is 2.49 bits per heavy atom. The van der Waals surface area contributed by atoms with Gasteiger partial charge in [-0.05, 0) is 60.9 Å². The third-order valence-electron chi connectivity index (χ3n) is 6.71. The number of halogens is 1. The predicted octanol–water partition coefficient (Wildman–Crippen LogP) is 7.17. The summed E-state index contributed by atoms with van der Waals surface area (Å²) in [6.45, 7) is 4.78. The van der Waals surface area contributed by atoms with Gasteiger partial charge in [0.15, 0.2) is 15.8 Å². The number of thioether (sulfide) groups is 1. The molecule has 1 unspecified atom stereocenters. The molecule has 1 atom stereocenters. The molecule has 11 heteroatoms. The number of ether oxygens (including phenoxy) is 2. The standard InChI is InChI=1S/C32H30FN3O5S2/c1-3-5-17-41-24-16-13-22(18-25(24)40-4-2)27-26(28(37)21-11-14-23(33)15-12-21)29(38)30(39)36(27)31-34-35-32(43-31)42-19-20-9-7-6-8-10-20/h6-16,18,27,37H,3-5,17,19H2,1-2H3. The predicted molar refractivity (Wildman–Crippen MR) is 165 cm³/mol. The number of benzene rings is 3. The minimum Gasteiger partial charge on any atom is -0.507 e. The van der Waals surface area contributed by atoms with Crippen LogP contribution in [0.3, 0.4) is 0 Å². The van der Waals surface area contributed by atoms with Crippen molar-refractivity contribution >= 4 is 45.7 Å². The van der Waals surface area contributed by atoms with Gasteiger partial charge in [-0.15, -0.1) is 10.2 Å². The van der Waals surface area contributed by atoms with Crippen LogP contribution in [0.15, 0.2) is 82.7 Å². The summed E-state index contributed by atoms with van der Waals surface area (Å²) in [6.07, 6.45) is 1.83. The van der Waals surface area contributed by atoms with Crippen molar-refractivity contribution in [1.29, 1.82) is 0 Å². The fourth-order valence-electron chi connectivity index (χ4n) is 4.59. The zero-order chi connectivity index (χ0) is 30.3. The van der Waals surface area contributed by atoms with E-state index in [-0.39, 0.29) is 16.3 Å². The van der Waals surface area contributed by atoms with Crippen LogP contribution < -0.4 is 14.4 Å². The van der Waals surface area contributed by atoms with Crippen molar-refractivity contribution in [2.45, 2.75) is 42.8 Å². The van der Waals surface area contributed by atoms with E-state index in [1.165, 1.54) is 52.3 Å². The normalized spacial score (nSPS) is 16.1. The summed E-state index contributed by atoms with van der Waals surface area (Å²) in [5.74, 6) is -1.03. The molecular formula is C32H30FN3O5S2. The number of hydrogen-bond acceptors (Lipinski definition) is 9. The van der Waals surface area contributed by atoms with Gasteiger partial charge >= 0.3 is 5.91 Å². The second kappa shape index (κ2) is 13.8. The number of aliphatic hydroxyl groups excluding tert-OH is 1. The molecule has 1 N–H and O–H groups in total. The molecule has 1 aromatic heterocycles. The molecule has 0 spiro atoms. The molecule has 3 aromatic carbocycles. The number of unbranched alkanes of at least 4 members (excludes halogenated alkanes) is 1. The number of hydrogen-bond donors (Lipinski definition) is 1. The van der Waals surface area contributed by atoms with Gasteiger partial charge in [0.2, 0.25) is 5.13 Å². The number of carbonyl (C=O) groups excluding carboxylic acids is 2. The molecule has 1 amide bonds. The van der Waals surface area contributed by atoms with Crippen molar-refractivity contribution in [1.82, 2.24) is 10.2 Å². The van der Waals surface area contributed by atoms with E-state index in [1.54, 1.807) is 18.2 Å². The minimum absolute atomic E-state index is 0.146. The molecule has 5 rings (SSSR count). The lowest BCUT2D eigenvalue weighted by Crippen LogP contribution is -2.29. The van der Waals surface area contributed by atoms with E-state index in [0.717, 1.165) is 18.4 Å². The fourth-order valence-corrected chi connectivity index (χ4v) is 6.42. The lowest BCUT2D eigenvalue weighted by molar-refractivity contribution is -0.132. The maximum atomic E-state index is 13.7. The first-order valence-corrected chi connectivity index (χ1v) is 15.7. The fraction of sp³-hybridized carbons (Fsp3) is 0.250. The summed E-state index contributed by atoms with van der Waals surface area (Å²) in [5, 5.41) is 20.1. The summed E-state index contributed by atoms with van der Waals surface area (Å²) < 4.78 is 26.1. The maximum Gasteiger partial charge on any atom is 0.301 e. The van der Waals surface area contributed by atoms with Gasteiger partial charge < -0.3 is 14.6 Å². The van der Waals surface area contributed by atoms with Crippen LogP contribution in [0.25, 0.3) is 5.76 Å². The molecule has 0 aliphatic carbocycles. The van der Waals surface area contributed by atoms with Crippen LogP contribution in [0.4, 0.5) is 9.52 Å². The first-order chi connectivity index (χ1) is 20.9. The number of amides is 1. The monoisotopic (exact) mass is 619 g/mol. The Hall–Kier alpha value is -4.22. The number of Topliss-reactive ketones (excluding diaryl/α,β-unsaturated/α-hetero) is 1. The number of rotatable bonds is 12. The quantitative estimate of drug-likeness (QED) is 0.0445. The smallest absolute Gasteiger partial charge is 0.301 e. The molecule has 4 aromatic rings. The van der Waals surface area contributed by atoms with Gasteiger partial charge in [0.05, 0.1) is 24.8 Å². The third kappa shape index (κ3) is 6.73. The van der Waals surface area contributed by atoms with E-state index >= 15 is 0 Å². The van der Waals surface area contributed by atoms with E-state index < -0.39 is 29.3 Å². The summed E-state index contributed by atoms with van der Waals surface area (Å²) in [6, 6.07) is 19.1. The molecule has 43 heavy (non-hydrogen) atoms. The summed E-state index contributed by atoms with van der Waals surface area (Å²) in [5.41, 5.74) is 1.66. The zero-order valence-electron chi connectivity index (χ0n) is 23.7. The molecule has 8 nitrogen and oxygen atoms in total. The van der Waals surface area contributed by atoms with Crippen molar-refractivity contribution in [3.63, 3.8) is 0 Å². The van der Waals surface area contributed by atoms with Crippen LogP contribution in [0, 0.1) is 5.82 Å². The van der Waals surface area contributed by atoms with Crippen LogP contribution in [0.5, 0.6) is 11.5 Å². The number of anilines is 1. The second-order valence-corrected chi connectivity index (χ2v) is 11.8. The third-order valence-corrected chi connectivity index (χ3v) is 8.83. The minimum atomic E-state index is -1.05. The largest absolute Gasteiger partial charge is 0.507 e. The van der Waals surface area contributed by atoms with Gasteiger partial charge in [0.1, 0.15) is 11.6 Å². The Kier molecular flexibility index (Phi) is 9.73. The zero-order valence-corrected chi connectivity index (χ0v) is 25.3. The van der Waals surface area contributed by atoms with Crippen LogP contribution in [0.1, 0.15) is 49.4 Å². The van der Waals surface area contributed by atoms with Gasteiger partial charge in [0.25, 0.3) is 5.78 Å². The van der Waals surface area contributed by atoms with Crippen molar-refractivity contribution in [3.05, 3.63) is 101 Å².